The van der Waals surface area contributed by atoms with Crippen molar-refractivity contribution >= 4 is 39.8 Å². The second-order valence-corrected chi connectivity index (χ2v) is 6.23. The summed E-state index contributed by atoms with van der Waals surface area (Å²) < 4.78 is 5.03. The van der Waals surface area contributed by atoms with Crippen LogP contribution in [0.5, 0.6) is 5.06 Å². The summed E-state index contributed by atoms with van der Waals surface area (Å²) in [4.78, 5) is 13.3. The minimum atomic E-state index is 0.0771. The van der Waals surface area contributed by atoms with Crippen LogP contribution in [0.3, 0.4) is 0 Å². The van der Waals surface area contributed by atoms with E-state index in [1.54, 1.807) is 24.5 Å². The van der Waals surface area contributed by atoms with Crippen molar-refractivity contribution in [1.29, 1.82) is 0 Å². The Balaban J connectivity index is 0.000000224. The Morgan fingerprint density at radius 3 is 2.26 bits per heavy atom. The quantitative estimate of drug-likeness (QED) is 0.650. The maximum Gasteiger partial charge on any atom is 0.212 e. The minimum Gasteiger partial charge on any atom is -0.487 e. The smallest absolute Gasteiger partial charge is 0.212 e. The van der Waals surface area contributed by atoms with E-state index in [0.29, 0.717) is 0 Å². The summed E-state index contributed by atoms with van der Waals surface area (Å²) in [5.74, 6) is 0.0771. The number of carbonyl (C=O) groups is 1. The van der Waals surface area contributed by atoms with Crippen molar-refractivity contribution in [3.8, 4) is 5.06 Å². The van der Waals surface area contributed by atoms with Crippen molar-refractivity contribution in [2.75, 3.05) is 7.11 Å². The zero-order valence-corrected chi connectivity index (χ0v) is 12.7. The molecule has 19 heavy (non-hydrogen) atoms. The van der Waals surface area contributed by atoms with E-state index in [2.05, 4.69) is 0 Å². The number of carbonyl (C=O) groups excluding carboxylic acids is 1. The minimum absolute atomic E-state index is 0.0771. The molecule has 0 saturated heterocycles. The van der Waals surface area contributed by atoms with E-state index < -0.39 is 0 Å². The van der Waals surface area contributed by atoms with Gasteiger partial charge in [0.25, 0.3) is 0 Å². The first kappa shape index (κ1) is 14.0. The van der Waals surface area contributed by atoms with Crippen LogP contribution in [0.25, 0.3) is 0 Å². The molecule has 0 amide bonds. The molecule has 0 fully saturated rings. The topological polar surface area (TPSA) is 26.3 Å². The van der Waals surface area contributed by atoms with Gasteiger partial charge in [-0.2, -0.15) is 11.3 Å². The Morgan fingerprint density at radius 1 is 1.00 bits per heavy atom. The molecule has 0 aliphatic carbocycles. The highest BCUT2D eigenvalue weighted by Gasteiger charge is 2.12. The maximum absolute atomic E-state index is 11.8. The van der Waals surface area contributed by atoms with Crippen molar-refractivity contribution in [3.63, 3.8) is 0 Å². The number of rotatable bonds is 3. The summed E-state index contributed by atoms with van der Waals surface area (Å²) in [5.41, 5.74) is 0. The van der Waals surface area contributed by atoms with E-state index in [-0.39, 0.29) is 5.78 Å². The Bertz CT molecular complexity index is 577. The van der Waals surface area contributed by atoms with Gasteiger partial charge in [-0.05, 0) is 34.3 Å². The second kappa shape index (κ2) is 7.23. The van der Waals surface area contributed by atoms with Crippen molar-refractivity contribution in [2.45, 2.75) is 0 Å². The largest absolute Gasteiger partial charge is 0.487 e. The standard InChI is InChI=1S/C10H8O2S2.C4H4S/c1-12-9-5-4-8(14-9)10(11)7-3-2-6-13-7;1-2-4-5-3-1/h2-6H,1H3;1-4H. The highest BCUT2D eigenvalue weighted by atomic mass is 32.1. The number of hydrogen-bond donors (Lipinski definition) is 0. The summed E-state index contributed by atoms with van der Waals surface area (Å²) >= 11 is 4.55. The van der Waals surface area contributed by atoms with Gasteiger partial charge in [-0.15, -0.1) is 11.3 Å². The van der Waals surface area contributed by atoms with Crippen molar-refractivity contribution in [3.05, 3.63) is 62.3 Å². The molecule has 2 nitrogen and oxygen atoms in total. The van der Waals surface area contributed by atoms with Crippen LogP contribution in [0.1, 0.15) is 14.5 Å². The molecule has 0 N–H and O–H groups in total. The third-order valence-electron chi connectivity index (χ3n) is 2.18. The fourth-order valence-electron chi connectivity index (χ4n) is 1.31. The molecule has 0 saturated carbocycles. The van der Waals surface area contributed by atoms with Gasteiger partial charge >= 0.3 is 0 Å². The van der Waals surface area contributed by atoms with Crippen LogP contribution in [-0.4, -0.2) is 12.9 Å². The van der Waals surface area contributed by atoms with Gasteiger partial charge < -0.3 is 4.74 Å². The molecule has 5 heteroatoms. The highest BCUT2D eigenvalue weighted by molar-refractivity contribution is 7.18. The fourth-order valence-corrected chi connectivity index (χ4v) is 3.28. The monoisotopic (exact) mass is 308 g/mol. The zero-order chi connectivity index (χ0) is 13.5. The van der Waals surface area contributed by atoms with Crippen molar-refractivity contribution < 1.29 is 9.53 Å². The van der Waals surface area contributed by atoms with Crippen LogP contribution in [0.15, 0.2) is 52.5 Å². The summed E-state index contributed by atoms with van der Waals surface area (Å²) in [6.07, 6.45) is 0. The van der Waals surface area contributed by atoms with Crippen LogP contribution in [0, 0.1) is 0 Å². The molecule has 0 aromatic carbocycles. The van der Waals surface area contributed by atoms with E-state index in [4.69, 9.17) is 4.74 Å². The first-order valence-corrected chi connectivity index (χ1v) is 8.14. The average molecular weight is 308 g/mol. The molecule has 3 rings (SSSR count). The Kier molecular flexibility index (Phi) is 5.32. The maximum atomic E-state index is 11.8. The molecular formula is C14H12O2S3. The SMILES string of the molecule is COc1ccc(C(=O)c2cccs2)s1.c1ccsc1. The third-order valence-corrected chi connectivity index (χ3v) is 4.72. The molecule has 0 radical (unpaired) electrons. The number of ether oxygens (including phenoxy) is 1. The van der Waals surface area contributed by atoms with E-state index in [9.17, 15) is 4.79 Å². The zero-order valence-electron chi connectivity index (χ0n) is 10.2. The molecule has 0 bridgehead atoms. The van der Waals surface area contributed by atoms with E-state index >= 15 is 0 Å². The fraction of sp³-hybridized carbons (Fsp3) is 0.0714. The van der Waals surface area contributed by atoms with Crippen molar-refractivity contribution in [2.24, 2.45) is 0 Å². The molecule has 0 spiro atoms. The number of hydrogen-bond acceptors (Lipinski definition) is 5. The molecular weight excluding hydrogens is 296 g/mol. The van der Waals surface area contributed by atoms with Crippen molar-refractivity contribution in [1.82, 2.24) is 0 Å². The van der Waals surface area contributed by atoms with Gasteiger partial charge in [0.1, 0.15) is 0 Å². The number of ketones is 1. The predicted octanol–water partition coefficient (Wildman–Crippen LogP) is 4.80. The first-order chi connectivity index (χ1) is 9.31. The van der Waals surface area contributed by atoms with Gasteiger partial charge in [-0.3, -0.25) is 4.79 Å². The third kappa shape index (κ3) is 4.02. The van der Waals surface area contributed by atoms with Crippen LogP contribution < -0.4 is 4.74 Å². The Hall–Kier alpha value is -1.43. The molecule has 3 aromatic rings. The number of methoxy groups -OCH3 is 1. The van der Waals surface area contributed by atoms with Gasteiger partial charge in [-0.1, -0.05) is 29.5 Å². The lowest BCUT2D eigenvalue weighted by molar-refractivity contribution is 0.104. The average Bonchev–Trinajstić information content (AvgIpc) is 3.20. The van der Waals surface area contributed by atoms with E-state index in [1.807, 2.05) is 46.5 Å². The van der Waals surface area contributed by atoms with Gasteiger partial charge in [0.05, 0.1) is 16.9 Å². The van der Waals surface area contributed by atoms with Gasteiger partial charge in [-0.25, -0.2) is 0 Å². The summed E-state index contributed by atoms with van der Waals surface area (Å²) in [5, 5.41) is 6.75. The molecule has 3 aromatic heterocycles. The lowest BCUT2D eigenvalue weighted by Crippen LogP contribution is -1.93. The molecule has 0 aliphatic heterocycles. The molecule has 0 aliphatic rings. The van der Waals surface area contributed by atoms with Gasteiger partial charge in [0.15, 0.2) is 5.06 Å². The Morgan fingerprint density at radius 2 is 1.79 bits per heavy atom. The van der Waals surface area contributed by atoms with Crippen LogP contribution in [0.2, 0.25) is 0 Å². The molecule has 98 valence electrons. The predicted molar refractivity (Wildman–Crippen MR) is 82.9 cm³/mol. The first-order valence-electron chi connectivity index (χ1n) is 5.50. The normalized spacial score (nSPS) is 9.53. The van der Waals surface area contributed by atoms with E-state index in [0.717, 1.165) is 14.8 Å². The highest BCUT2D eigenvalue weighted by Crippen LogP contribution is 2.27. The summed E-state index contributed by atoms with van der Waals surface area (Å²) in [7, 11) is 1.60. The number of thiophene rings is 3. The Labute approximate surface area is 123 Å². The second-order valence-electron chi connectivity index (χ2n) is 3.42. The van der Waals surface area contributed by atoms with Crippen LogP contribution in [0.4, 0.5) is 0 Å². The summed E-state index contributed by atoms with van der Waals surface area (Å²) in [6.45, 7) is 0. The lowest BCUT2D eigenvalue weighted by Gasteiger charge is -1.92. The van der Waals surface area contributed by atoms with Gasteiger partial charge in [0.2, 0.25) is 5.78 Å². The molecule has 0 unspecified atom stereocenters. The summed E-state index contributed by atoms with van der Waals surface area (Å²) in [6, 6.07) is 11.4. The lowest BCUT2D eigenvalue weighted by atomic mass is 10.3. The van der Waals surface area contributed by atoms with Gasteiger partial charge in [0, 0.05) is 0 Å². The van der Waals surface area contributed by atoms with Crippen LogP contribution in [-0.2, 0) is 0 Å². The van der Waals surface area contributed by atoms with Crippen LogP contribution >= 0.6 is 34.0 Å². The molecule has 0 atom stereocenters. The molecule has 3 heterocycles. The van der Waals surface area contributed by atoms with E-state index in [1.165, 1.54) is 22.7 Å².